The fourth-order valence-corrected chi connectivity index (χ4v) is 3.40. The Labute approximate surface area is 126 Å². The Kier molecular flexibility index (Phi) is 4.46. The number of nitrogens with two attached hydrogens (primary N) is 1. The fraction of sp³-hybridized carbons (Fsp3) is 0.571. The van der Waals surface area contributed by atoms with Crippen LogP contribution in [-0.2, 0) is 10.0 Å². The van der Waals surface area contributed by atoms with Crippen LogP contribution in [0.4, 0.5) is 11.4 Å². The Bertz CT molecular complexity index is 616. The molecule has 0 radical (unpaired) electrons. The van der Waals surface area contributed by atoms with Crippen LogP contribution in [0.1, 0.15) is 13.3 Å². The normalized spacial score (nSPS) is 23.6. The number of β-amino-alcohol motifs (C(OH)–C–C–N with tert-alkyl or cyclic N) is 1. The van der Waals surface area contributed by atoms with Crippen molar-refractivity contribution >= 4 is 21.4 Å². The van der Waals surface area contributed by atoms with Gasteiger partial charge in [-0.2, -0.15) is 0 Å². The van der Waals surface area contributed by atoms with Gasteiger partial charge in [0.25, 0.3) is 0 Å². The van der Waals surface area contributed by atoms with Crippen LogP contribution < -0.4 is 10.6 Å². The van der Waals surface area contributed by atoms with Crippen molar-refractivity contribution in [2.45, 2.75) is 24.3 Å². The summed E-state index contributed by atoms with van der Waals surface area (Å²) in [5.41, 5.74) is 7.22. The monoisotopic (exact) mass is 313 g/mol. The lowest BCUT2D eigenvalue weighted by Crippen LogP contribution is -2.43. The summed E-state index contributed by atoms with van der Waals surface area (Å²) >= 11 is 0. The molecule has 3 N–H and O–H groups in total. The molecule has 0 spiro atoms. The van der Waals surface area contributed by atoms with Crippen LogP contribution >= 0.6 is 0 Å². The summed E-state index contributed by atoms with van der Waals surface area (Å²) in [6, 6.07) is 4.76. The number of nitrogen functional groups attached to an aromatic ring is 1. The maximum absolute atomic E-state index is 12.1. The minimum atomic E-state index is -3.48. The van der Waals surface area contributed by atoms with Crippen molar-refractivity contribution in [2.24, 2.45) is 5.92 Å². The third-order valence-electron chi connectivity index (χ3n) is 4.04. The molecule has 0 bridgehead atoms. The van der Waals surface area contributed by atoms with Crippen molar-refractivity contribution in [1.29, 1.82) is 0 Å². The zero-order chi connectivity index (χ0) is 15.8. The minimum Gasteiger partial charge on any atom is -0.397 e. The van der Waals surface area contributed by atoms with Gasteiger partial charge in [-0.3, -0.25) is 0 Å². The van der Waals surface area contributed by atoms with Gasteiger partial charge in [-0.15, -0.1) is 0 Å². The Hall–Kier alpha value is -1.31. The lowest BCUT2D eigenvalue weighted by atomic mass is 9.95. The average Bonchev–Trinajstić information content (AvgIpc) is 2.41. The van der Waals surface area contributed by atoms with Gasteiger partial charge in [0.1, 0.15) is 0 Å². The van der Waals surface area contributed by atoms with Crippen LogP contribution in [0.15, 0.2) is 23.1 Å². The first kappa shape index (κ1) is 16.1. The molecule has 1 aromatic rings. The van der Waals surface area contributed by atoms with Crippen LogP contribution in [0.25, 0.3) is 0 Å². The van der Waals surface area contributed by atoms with Crippen molar-refractivity contribution < 1.29 is 13.5 Å². The van der Waals surface area contributed by atoms with Gasteiger partial charge in [0.15, 0.2) is 0 Å². The highest BCUT2D eigenvalue weighted by atomic mass is 32.2. The van der Waals surface area contributed by atoms with Crippen LogP contribution in [0, 0.1) is 5.92 Å². The first-order valence-corrected chi connectivity index (χ1v) is 8.42. The fourth-order valence-electron chi connectivity index (χ4n) is 2.46. The number of rotatable bonds is 3. The SMILES string of the molecule is CC1CCN(c2ccc(S(=O)(=O)N(C)C)cc2N)CC1O. The number of sulfonamides is 1. The summed E-state index contributed by atoms with van der Waals surface area (Å²) in [4.78, 5) is 2.19. The predicted octanol–water partition coefficient (Wildman–Crippen LogP) is 0.726. The second-order valence-corrected chi connectivity index (χ2v) is 7.94. The second-order valence-electron chi connectivity index (χ2n) is 5.79. The minimum absolute atomic E-state index is 0.180. The van der Waals surface area contributed by atoms with E-state index < -0.39 is 10.0 Å². The largest absolute Gasteiger partial charge is 0.397 e. The molecule has 0 saturated carbocycles. The lowest BCUT2D eigenvalue weighted by molar-refractivity contribution is 0.103. The average molecular weight is 313 g/mol. The Morgan fingerprint density at radius 3 is 2.57 bits per heavy atom. The molecule has 1 heterocycles. The number of benzene rings is 1. The van der Waals surface area contributed by atoms with Crippen molar-refractivity contribution in [3.05, 3.63) is 18.2 Å². The molecule has 0 amide bonds. The van der Waals surface area contributed by atoms with E-state index in [1.54, 1.807) is 12.1 Å². The van der Waals surface area contributed by atoms with Crippen molar-refractivity contribution in [3.8, 4) is 0 Å². The van der Waals surface area contributed by atoms with Gasteiger partial charge in [0, 0.05) is 27.2 Å². The van der Waals surface area contributed by atoms with E-state index in [-0.39, 0.29) is 16.9 Å². The van der Waals surface area contributed by atoms with Crippen molar-refractivity contribution in [2.75, 3.05) is 37.8 Å². The molecule has 0 aromatic heterocycles. The summed E-state index contributed by atoms with van der Waals surface area (Å²) in [5.74, 6) is 0.274. The number of hydrogen-bond donors (Lipinski definition) is 2. The molecule has 1 aliphatic heterocycles. The summed E-state index contributed by atoms with van der Waals surface area (Å²) < 4.78 is 25.3. The van der Waals surface area contributed by atoms with E-state index in [2.05, 4.69) is 0 Å². The summed E-state index contributed by atoms with van der Waals surface area (Å²) in [6.45, 7) is 3.35. The van der Waals surface area contributed by atoms with Gasteiger partial charge in [-0.25, -0.2) is 12.7 Å². The number of piperidine rings is 1. The number of hydrogen-bond acceptors (Lipinski definition) is 5. The number of aliphatic hydroxyl groups is 1. The first-order valence-electron chi connectivity index (χ1n) is 6.98. The predicted molar refractivity (Wildman–Crippen MR) is 83.7 cm³/mol. The molecule has 0 aliphatic carbocycles. The summed E-state index contributed by atoms with van der Waals surface area (Å²) in [5, 5.41) is 9.97. The Morgan fingerprint density at radius 1 is 1.38 bits per heavy atom. The molecule has 7 heteroatoms. The standard InChI is InChI=1S/C14H23N3O3S/c1-10-6-7-17(9-14(10)18)13-5-4-11(8-12(13)15)21(19,20)16(2)3/h4-5,8,10,14,18H,6-7,9,15H2,1-3H3. The highest BCUT2D eigenvalue weighted by Gasteiger charge is 2.26. The maximum Gasteiger partial charge on any atom is 0.242 e. The van der Waals surface area contributed by atoms with Crippen molar-refractivity contribution in [1.82, 2.24) is 4.31 Å². The summed E-state index contributed by atoms with van der Waals surface area (Å²) in [6.07, 6.45) is 0.501. The number of anilines is 2. The lowest BCUT2D eigenvalue weighted by Gasteiger charge is -2.36. The highest BCUT2D eigenvalue weighted by molar-refractivity contribution is 7.89. The molecule has 21 heavy (non-hydrogen) atoms. The molecule has 1 saturated heterocycles. The molecule has 1 aliphatic rings. The molecule has 2 atom stereocenters. The van der Waals surface area contributed by atoms with Crippen LogP contribution in [0.5, 0.6) is 0 Å². The number of nitrogens with zero attached hydrogens (tertiary/aromatic N) is 2. The van der Waals surface area contributed by atoms with E-state index in [0.717, 1.165) is 23.0 Å². The van der Waals surface area contributed by atoms with Gasteiger partial charge in [0.05, 0.1) is 22.4 Å². The Balaban J connectivity index is 2.29. The van der Waals surface area contributed by atoms with E-state index >= 15 is 0 Å². The quantitative estimate of drug-likeness (QED) is 0.803. The zero-order valence-corrected chi connectivity index (χ0v) is 13.5. The maximum atomic E-state index is 12.1. The third kappa shape index (κ3) is 3.14. The van der Waals surface area contributed by atoms with E-state index in [4.69, 9.17) is 5.73 Å². The third-order valence-corrected chi connectivity index (χ3v) is 5.85. The first-order chi connectivity index (χ1) is 9.73. The van der Waals surface area contributed by atoms with Gasteiger partial charge in [0.2, 0.25) is 10.0 Å². The molecule has 1 fully saturated rings. The summed E-state index contributed by atoms with van der Waals surface area (Å²) in [7, 11) is -0.505. The van der Waals surface area contributed by atoms with Crippen LogP contribution in [0.2, 0.25) is 0 Å². The second kappa shape index (κ2) is 5.82. The molecule has 2 unspecified atom stereocenters. The molecular formula is C14H23N3O3S. The molecule has 2 rings (SSSR count). The van der Waals surface area contributed by atoms with Crippen LogP contribution in [-0.4, -0.2) is 51.1 Å². The van der Waals surface area contributed by atoms with Crippen LogP contribution in [0.3, 0.4) is 0 Å². The zero-order valence-electron chi connectivity index (χ0n) is 12.7. The smallest absolute Gasteiger partial charge is 0.242 e. The Morgan fingerprint density at radius 2 is 2.05 bits per heavy atom. The van der Waals surface area contributed by atoms with Crippen molar-refractivity contribution in [3.63, 3.8) is 0 Å². The van der Waals surface area contributed by atoms with E-state index in [1.165, 1.54) is 20.2 Å². The molecule has 1 aromatic carbocycles. The topological polar surface area (TPSA) is 86.9 Å². The van der Waals surface area contributed by atoms with E-state index in [0.29, 0.717) is 12.2 Å². The van der Waals surface area contributed by atoms with Gasteiger partial charge in [-0.1, -0.05) is 6.92 Å². The van der Waals surface area contributed by atoms with Gasteiger partial charge in [-0.05, 0) is 30.5 Å². The van der Waals surface area contributed by atoms with Gasteiger partial charge < -0.3 is 15.7 Å². The highest BCUT2D eigenvalue weighted by Crippen LogP contribution is 2.30. The van der Waals surface area contributed by atoms with E-state index in [9.17, 15) is 13.5 Å². The molecule has 118 valence electrons. The number of aliphatic hydroxyl groups excluding tert-OH is 1. The molecule has 6 nitrogen and oxygen atoms in total. The van der Waals surface area contributed by atoms with Gasteiger partial charge >= 0.3 is 0 Å². The van der Waals surface area contributed by atoms with E-state index in [1.807, 2.05) is 11.8 Å². The molecular weight excluding hydrogens is 290 g/mol.